The van der Waals surface area contributed by atoms with Crippen LogP contribution in [0.3, 0.4) is 0 Å². The summed E-state index contributed by atoms with van der Waals surface area (Å²) in [7, 11) is 4.50. The molecule has 30 heavy (non-hydrogen) atoms. The van der Waals surface area contributed by atoms with Gasteiger partial charge >= 0.3 is 12.0 Å². The second-order valence-electron chi connectivity index (χ2n) is 7.32. The fraction of sp³-hybridized carbons (Fsp3) is 0.391. The smallest absolute Gasteiger partial charge is 0.322 e. The van der Waals surface area contributed by atoms with Gasteiger partial charge in [-0.3, -0.25) is 4.79 Å². The summed E-state index contributed by atoms with van der Waals surface area (Å²) in [4.78, 5) is 27.0. The summed E-state index contributed by atoms with van der Waals surface area (Å²) < 4.78 is 15.7. The Hall–Kier alpha value is -3.22. The SMILES string of the molecule is COC(=O)CC1c2cc(OC)c(OC)cc2CCN1C(=O)Nc1cccc(C)c1C. The molecular formula is C23H28N2O5. The quantitative estimate of drug-likeness (QED) is 0.751. The minimum atomic E-state index is -0.467. The molecule has 0 aliphatic carbocycles. The van der Waals surface area contributed by atoms with E-state index in [9.17, 15) is 9.59 Å². The average molecular weight is 412 g/mol. The topological polar surface area (TPSA) is 77.1 Å². The van der Waals surface area contributed by atoms with E-state index in [4.69, 9.17) is 14.2 Å². The van der Waals surface area contributed by atoms with Crippen LogP contribution in [0, 0.1) is 13.8 Å². The first-order valence-corrected chi connectivity index (χ1v) is 9.85. The van der Waals surface area contributed by atoms with Crippen molar-refractivity contribution in [3.05, 3.63) is 52.6 Å². The highest BCUT2D eigenvalue weighted by molar-refractivity contribution is 5.91. The van der Waals surface area contributed by atoms with Crippen molar-refractivity contribution in [1.82, 2.24) is 4.90 Å². The third-order valence-corrected chi connectivity index (χ3v) is 5.70. The summed E-state index contributed by atoms with van der Waals surface area (Å²) >= 11 is 0. The molecule has 0 radical (unpaired) electrons. The van der Waals surface area contributed by atoms with Crippen LogP contribution >= 0.6 is 0 Å². The first-order valence-electron chi connectivity index (χ1n) is 9.85. The lowest BCUT2D eigenvalue weighted by molar-refractivity contribution is -0.141. The summed E-state index contributed by atoms with van der Waals surface area (Å²) in [5.74, 6) is 0.802. The van der Waals surface area contributed by atoms with Crippen LogP contribution in [-0.2, 0) is 16.0 Å². The minimum Gasteiger partial charge on any atom is -0.493 e. The lowest BCUT2D eigenvalue weighted by Gasteiger charge is -2.37. The van der Waals surface area contributed by atoms with Crippen molar-refractivity contribution < 1.29 is 23.8 Å². The normalized spacial score (nSPS) is 15.2. The number of hydrogen-bond acceptors (Lipinski definition) is 5. The van der Waals surface area contributed by atoms with Crippen molar-refractivity contribution in [2.24, 2.45) is 0 Å². The van der Waals surface area contributed by atoms with Crippen LogP contribution in [-0.4, -0.2) is 44.8 Å². The van der Waals surface area contributed by atoms with Crippen molar-refractivity contribution in [3.8, 4) is 11.5 Å². The average Bonchev–Trinajstić information content (AvgIpc) is 2.75. The first-order chi connectivity index (χ1) is 14.4. The lowest BCUT2D eigenvalue weighted by atomic mass is 9.90. The number of urea groups is 1. The standard InChI is InChI=1S/C23H28N2O5/c1-14-7-6-8-18(15(14)2)24-23(27)25-10-9-16-11-20(28-3)21(29-4)12-17(16)19(25)13-22(26)30-5/h6-8,11-12,19H,9-10,13H2,1-5H3,(H,24,27). The summed E-state index contributed by atoms with van der Waals surface area (Å²) in [6, 6.07) is 8.83. The number of hydrogen-bond donors (Lipinski definition) is 1. The summed E-state index contributed by atoms with van der Waals surface area (Å²) in [5.41, 5.74) is 4.76. The van der Waals surface area contributed by atoms with Crippen LogP contribution < -0.4 is 14.8 Å². The lowest BCUT2D eigenvalue weighted by Crippen LogP contribution is -2.43. The monoisotopic (exact) mass is 412 g/mol. The molecular weight excluding hydrogens is 384 g/mol. The van der Waals surface area contributed by atoms with E-state index in [1.54, 1.807) is 19.1 Å². The van der Waals surface area contributed by atoms with Gasteiger partial charge in [-0.2, -0.15) is 0 Å². The third kappa shape index (κ3) is 4.20. The number of carbonyl (C=O) groups excluding carboxylic acids is 2. The number of methoxy groups -OCH3 is 3. The number of carbonyl (C=O) groups is 2. The molecule has 1 heterocycles. The highest BCUT2D eigenvalue weighted by atomic mass is 16.5. The Morgan fingerprint density at radius 3 is 2.47 bits per heavy atom. The van der Waals surface area contributed by atoms with Crippen LogP contribution in [0.25, 0.3) is 0 Å². The molecule has 2 aromatic rings. The van der Waals surface area contributed by atoms with E-state index < -0.39 is 6.04 Å². The van der Waals surface area contributed by atoms with Crippen LogP contribution in [0.5, 0.6) is 11.5 Å². The zero-order chi connectivity index (χ0) is 21.8. The van der Waals surface area contributed by atoms with Crippen molar-refractivity contribution >= 4 is 17.7 Å². The predicted octanol–water partition coefficient (Wildman–Crippen LogP) is 4.02. The molecule has 1 aliphatic heterocycles. The van der Waals surface area contributed by atoms with Gasteiger partial charge in [0.2, 0.25) is 0 Å². The molecule has 2 amide bonds. The molecule has 7 heteroatoms. The molecule has 1 N–H and O–H groups in total. The van der Waals surface area contributed by atoms with E-state index in [0.29, 0.717) is 24.5 Å². The van der Waals surface area contributed by atoms with Crippen LogP contribution in [0.4, 0.5) is 10.5 Å². The highest BCUT2D eigenvalue weighted by Gasteiger charge is 2.34. The third-order valence-electron chi connectivity index (χ3n) is 5.70. The van der Waals surface area contributed by atoms with Gasteiger partial charge in [0.1, 0.15) is 0 Å². The zero-order valence-corrected chi connectivity index (χ0v) is 18.1. The van der Waals surface area contributed by atoms with Gasteiger partial charge in [0.05, 0.1) is 33.8 Å². The van der Waals surface area contributed by atoms with E-state index in [-0.39, 0.29) is 18.4 Å². The van der Waals surface area contributed by atoms with E-state index in [2.05, 4.69) is 5.32 Å². The Kier molecular flexibility index (Phi) is 6.50. The van der Waals surface area contributed by atoms with E-state index >= 15 is 0 Å². The van der Waals surface area contributed by atoms with Crippen molar-refractivity contribution in [2.45, 2.75) is 32.7 Å². The Bertz CT molecular complexity index is 957. The van der Waals surface area contributed by atoms with Gasteiger partial charge in [0.25, 0.3) is 0 Å². The molecule has 1 aliphatic rings. The van der Waals surface area contributed by atoms with Crippen molar-refractivity contribution in [3.63, 3.8) is 0 Å². The Morgan fingerprint density at radius 1 is 1.10 bits per heavy atom. The first kappa shape index (κ1) is 21.5. The van der Waals surface area contributed by atoms with Crippen LogP contribution in [0.15, 0.2) is 30.3 Å². The number of amides is 2. The number of nitrogens with zero attached hydrogens (tertiary/aromatic N) is 1. The Morgan fingerprint density at radius 2 is 1.80 bits per heavy atom. The highest BCUT2D eigenvalue weighted by Crippen LogP contribution is 2.40. The van der Waals surface area contributed by atoms with Crippen LogP contribution in [0.2, 0.25) is 0 Å². The summed E-state index contributed by atoms with van der Waals surface area (Å²) in [6.07, 6.45) is 0.701. The molecule has 2 aromatic carbocycles. The Labute approximate surface area is 176 Å². The molecule has 0 bridgehead atoms. The molecule has 0 fully saturated rings. The molecule has 1 atom stereocenters. The van der Waals surface area contributed by atoms with Gasteiger partial charge < -0.3 is 24.4 Å². The molecule has 0 saturated heterocycles. The second kappa shape index (κ2) is 9.07. The van der Waals surface area contributed by atoms with E-state index in [0.717, 1.165) is 27.9 Å². The van der Waals surface area contributed by atoms with Gasteiger partial charge in [-0.15, -0.1) is 0 Å². The van der Waals surface area contributed by atoms with Gasteiger partial charge in [0.15, 0.2) is 11.5 Å². The number of aryl methyl sites for hydroxylation is 1. The largest absolute Gasteiger partial charge is 0.493 e. The van der Waals surface area contributed by atoms with Gasteiger partial charge in [0, 0.05) is 12.2 Å². The summed E-state index contributed by atoms with van der Waals surface area (Å²) in [6.45, 7) is 4.45. The van der Waals surface area contributed by atoms with Gasteiger partial charge in [-0.05, 0) is 60.7 Å². The number of rotatable bonds is 5. The van der Waals surface area contributed by atoms with Crippen molar-refractivity contribution in [1.29, 1.82) is 0 Å². The molecule has 7 nitrogen and oxygen atoms in total. The number of fused-ring (bicyclic) bond motifs is 1. The predicted molar refractivity (Wildman–Crippen MR) is 114 cm³/mol. The number of anilines is 1. The maximum absolute atomic E-state index is 13.2. The number of benzene rings is 2. The van der Waals surface area contributed by atoms with E-state index in [1.807, 2.05) is 44.2 Å². The molecule has 0 aromatic heterocycles. The van der Waals surface area contributed by atoms with Crippen molar-refractivity contribution in [2.75, 3.05) is 33.2 Å². The second-order valence-corrected chi connectivity index (χ2v) is 7.32. The Balaban J connectivity index is 1.97. The molecule has 0 saturated carbocycles. The van der Waals surface area contributed by atoms with Gasteiger partial charge in [-0.25, -0.2) is 4.79 Å². The zero-order valence-electron chi connectivity index (χ0n) is 18.1. The fourth-order valence-corrected chi connectivity index (χ4v) is 3.81. The maximum Gasteiger partial charge on any atom is 0.322 e. The number of esters is 1. The molecule has 160 valence electrons. The number of nitrogens with one attached hydrogen (secondary N) is 1. The maximum atomic E-state index is 13.2. The van der Waals surface area contributed by atoms with E-state index in [1.165, 1.54) is 7.11 Å². The minimum absolute atomic E-state index is 0.0548. The summed E-state index contributed by atoms with van der Waals surface area (Å²) in [5, 5.41) is 3.00. The van der Waals surface area contributed by atoms with Crippen LogP contribution in [0.1, 0.15) is 34.7 Å². The molecule has 1 unspecified atom stereocenters. The molecule has 3 rings (SSSR count). The fourth-order valence-electron chi connectivity index (χ4n) is 3.81. The number of ether oxygens (including phenoxy) is 3. The van der Waals surface area contributed by atoms with Gasteiger partial charge in [-0.1, -0.05) is 12.1 Å². The molecule has 0 spiro atoms.